The van der Waals surface area contributed by atoms with Gasteiger partial charge in [0.25, 0.3) is 0 Å². The van der Waals surface area contributed by atoms with Gasteiger partial charge >= 0.3 is 0 Å². The Bertz CT molecular complexity index is 1390. The van der Waals surface area contributed by atoms with Gasteiger partial charge in [0.05, 0.1) is 11.4 Å². The molecule has 4 aromatic carbocycles. The van der Waals surface area contributed by atoms with Crippen LogP contribution in [0.2, 0.25) is 0 Å². The predicted octanol–water partition coefficient (Wildman–Crippen LogP) is 8.07. The monoisotopic (exact) mass is 416 g/mol. The van der Waals surface area contributed by atoms with Gasteiger partial charge in [0, 0.05) is 39.5 Å². The zero-order chi connectivity index (χ0) is 21.9. The number of hydrogen-bond acceptors (Lipinski definition) is 1. The number of aryl methyl sites for hydroxylation is 2. The molecular weight excluding hydrogens is 388 g/mol. The molecule has 0 aliphatic rings. The molecule has 0 amide bonds. The van der Waals surface area contributed by atoms with Crippen molar-refractivity contribution in [3.05, 3.63) is 114 Å². The summed E-state index contributed by atoms with van der Waals surface area (Å²) in [7, 11) is 0. The maximum absolute atomic E-state index is 5.08. The molecule has 0 spiro atoms. The van der Waals surface area contributed by atoms with E-state index in [1.165, 1.54) is 40.2 Å². The smallest absolute Gasteiger partial charge is 0.0781 e. The zero-order valence-corrected chi connectivity index (χ0v) is 18.8. The largest absolute Gasteiger partial charge is 0.340 e. The fourth-order valence-electron chi connectivity index (χ4n) is 4.40. The lowest BCUT2D eigenvalue weighted by atomic mass is 9.99. The van der Waals surface area contributed by atoms with E-state index in [-0.39, 0.29) is 0 Å². The first-order chi connectivity index (χ1) is 15.7. The normalized spacial score (nSPS) is 12.0. The number of nitrogens with zero attached hydrogens (tertiary/aromatic N) is 2. The average Bonchev–Trinajstić information content (AvgIpc) is 3.15. The minimum absolute atomic E-state index is 0.966. The van der Waals surface area contributed by atoms with E-state index in [0.29, 0.717) is 0 Å². The van der Waals surface area contributed by atoms with Gasteiger partial charge in [-0.15, -0.1) is 0 Å². The second-order valence-corrected chi connectivity index (χ2v) is 8.42. The Balaban J connectivity index is 1.72. The van der Waals surface area contributed by atoms with Crippen LogP contribution in [0.3, 0.4) is 0 Å². The highest BCUT2D eigenvalue weighted by Crippen LogP contribution is 2.31. The molecule has 2 heteroatoms. The van der Waals surface area contributed by atoms with Crippen LogP contribution in [-0.4, -0.2) is 10.3 Å². The summed E-state index contributed by atoms with van der Waals surface area (Å²) in [6.45, 7) is 5.41. The van der Waals surface area contributed by atoms with Crippen molar-refractivity contribution in [2.45, 2.75) is 33.2 Å². The van der Waals surface area contributed by atoms with Crippen molar-refractivity contribution in [2.75, 3.05) is 0 Å². The summed E-state index contributed by atoms with van der Waals surface area (Å²) in [5.74, 6) is 0. The van der Waals surface area contributed by atoms with Gasteiger partial charge in [0.15, 0.2) is 0 Å². The highest BCUT2D eigenvalue weighted by molar-refractivity contribution is 6.17. The number of aliphatic imine (C=N–C) groups is 1. The Morgan fingerprint density at radius 1 is 0.719 bits per heavy atom. The highest BCUT2D eigenvalue weighted by atomic mass is 15.0. The molecule has 0 saturated carbocycles. The second kappa shape index (κ2) is 8.84. The molecule has 5 rings (SSSR count). The first-order valence-corrected chi connectivity index (χ1v) is 11.5. The molecule has 158 valence electrons. The molecule has 0 unspecified atom stereocenters. The van der Waals surface area contributed by atoms with Gasteiger partial charge in [-0.3, -0.25) is 0 Å². The summed E-state index contributed by atoms with van der Waals surface area (Å²) in [5, 5.41) is 2.60. The molecule has 0 radical (unpaired) electrons. The van der Waals surface area contributed by atoms with E-state index in [9.17, 15) is 0 Å². The summed E-state index contributed by atoms with van der Waals surface area (Å²) in [6, 6.07) is 34.5. The molecule has 1 aromatic heterocycles. The Morgan fingerprint density at radius 2 is 1.41 bits per heavy atom. The van der Waals surface area contributed by atoms with Crippen molar-refractivity contribution in [2.24, 2.45) is 4.99 Å². The second-order valence-electron chi connectivity index (χ2n) is 8.42. The van der Waals surface area contributed by atoms with Gasteiger partial charge in [0.1, 0.15) is 0 Å². The molecule has 0 aliphatic heterocycles. The number of fused-ring (bicyclic) bond motifs is 3. The third-order valence-electron chi connectivity index (χ3n) is 6.10. The number of unbranched alkanes of at least 4 members (excludes halogenated alkanes) is 1. The van der Waals surface area contributed by atoms with Crippen LogP contribution in [-0.2, 0) is 6.54 Å². The SMILES string of the molecule is CCCCn1c2ccccc2c2cc(C(=Nc3ccccc3)c3ccc(C)cc3)ccc21. The number of benzene rings is 4. The maximum Gasteiger partial charge on any atom is 0.0781 e. The van der Waals surface area contributed by atoms with Crippen molar-refractivity contribution in [3.63, 3.8) is 0 Å². The third kappa shape index (κ3) is 3.85. The quantitative estimate of drug-likeness (QED) is 0.249. The van der Waals surface area contributed by atoms with Gasteiger partial charge in [-0.25, -0.2) is 4.99 Å². The van der Waals surface area contributed by atoms with E-state index in [1.807, 2.05) is 18.2 Å². The maximum atomic E-state index is 5.08. The molecule has 0 bridgehead atoms. The van der Waals surface area contributed by atoms with Crippen LogP contribution in [0.15, 0.2) is 102 Å². The van der Waals surface area contributed by atoms with Gasteiger partial charge in [-0.2, -0.15) is 0 Å². The lowest BCUT2D eigenvalue weighted by Gasteiger charge is -2.10. The van der Waals surface area contributed by atoms with Crippen LogP contribution in [0.1, 0.15) is 36.5 Å². The van der Waals surface area contributed by atoms with Crippen molar-refractivity contribution in [1.29, 1.82) is 0 Å². The molecule has 0 saturated heterocycles. The predicted molar refractivity (Wildman–Crippen MR) is 137 cm³/mol. The van der Waals surface area contributed by atoms with E-state index in [2.05, 4.69) is 97.3 Å². The Morgan fingerprint density at radius 3 is 2.19 bits per heavy atom. The van der Waals surface area contributed by atoms with E-state index in [0.717, 1.165) is 29.1 Å². The molecule has 0 aliphatic carbocycles. The lowest BCUT2D eigenvalue weighted by molar-refractivity contribution is 0.665. The summed E-state index contributed by atoms with van der Waals surface area (Å²) in [5.41, 5.74) is 8.10. The Hall–Kier alpha value is -3.65. The standard InChI is InChI=1S/C30H28N2/c1-3-4-20-32-28-13-9-8-12-26(28)27-21-24(18-19-29(27)32)30(23-16-14-22(2)15-17-23)31-25-10-6-5-7-11-25/h5-19,21H,3-4,20H2,1-2H3. The van der Waals surface area contributed by atoms with Gasteiger partial charge in [-0.1, -0.05) is 85.6 Å². The Kier molecular flexibility index (Phi) is 5.60. The minimum atomic E-state index is 0.966. The summed E-state index contributed by atoms with van der Waals surface area (Å²) in [6.07, 6.45) is 2.37. The molecule has 2 nitrogen and oxygen atoms in total. The summed E-state index contributed by atoms with van der Waals surface area (Å²) < 4.78 is 2.47. The summed E-state index contributed by atoms with van der Waals surface area (Å²) >= 11 is 0. The molecular formula is C30H28N2. The molecule has 5 aromatic rings. The van der Waals surface area contributed by atoms with Crippen LogP contribution >= 0.6 is 0 Å². The fourth-order valence-corrected chi connectivity index (χ4v) is 4.40. The number of rotatable bonds is 6. The average molecular weight is 417 g/mol. The van der Waals surface area contributed by atoms with E-state index >= 15 is 0 Å². The fraction of sp³-hybridized carbons (Fsp3) is 0.167. The van der Waals surface area contributed by atoms with Crippen LogP contribution in [0.5, 0.6) is 0 Å². The van der Waals surface area contributed by atoms with Gasteiger partial charge < -0.3 is 4.57 Å². The molecule has 0 N–H and O–H groups in total. The van der Waals surface area contributed by atoms with Crippen molar-refractivity contribution in [3.8, 4) is 0 Å². The number of para-hydroxylation sites is 2. The number of aromatic nitrogens is 1. The topological polar surface area (TPSA) is 17.3 Å². The third-order valence-corrected chi connectivity index (χ3v) is 6.10. The van der Waals surface area contributed by atoms with Crippen LogP contribution in [0.25, 0.3) is 21.8 Å². The molecule has 0 atom stereocenters. The summed E-state index contributed by atoms with van der Waals surface area (Å²) in [4.78, 5) is 5.08. The minimum Gasteiger partial charge on any atom is -0.340 e. The van der Waals surface area contributed by atoms with Gasteiger partial charge in [-0.05, 0) is 43.7 Å². The van der Waals surface area contributed by atoms with Crippen LogP contribution < -0.4 is 0 Å². The number of hydrogen-bond donors (Lipinski definition) is 0. The molecule has 32 heavy (non-hydrogen) atoms. The van der Waals surface area contributed by atoms with Crippen molar-refractivity contribution >= 4 is 33.2 Å². The molecule has 1 heterocycles. The first-order valence-electron chi connectivity index (χ1n) is 11.5. The van der Waals surface area contributed by atoms with E-state index in [4.69, 9.17) is 4.99 Å². The van der Waals surface area contributed by atoms with E-state index in [1.54, 1.807) is 0 Å². The van der Waals surface area contributed by atoms with Gasteiger partial charge in [0.2, 0.25) is 0 Å². The first kappa shape index (κ1) is 20.3. The highest BCUT2D eigenvalue weighted by Gasteiger charge is 2.14. The molecule has 0 fully saturated rings. The van der Waals surface area contributed by atoms with E-state index < -0.39 is 0 Å². The van der Waals surface area contributed by atoms with Crippen LogP contribution in [0.4, 0.5) is 5.69 Å². The zero-order valence-electron chi connectivity index (χ0n) is 18.8. The Labute approximate surface area is 189 Å². The van der Waals surface area contributed by atoms with Crippen molar-refractivity contribution in [1.82, 2.24) is 4.57 Å². The lowest BCUT2D eigenvalue weighted by Crippen LogP contribution is -2.03. The van der Waals surface area contributed by atoms with Crippen LogP contribution in [0, 0.1) is 6.92 Å². The van der Waals surface area contributed by atoms with Crippen molar-refractivity contribution < 1.29 is 0 Å².